The van der Waals surface area contributed by atoms with Crippen LogP contribution in [0.4, 0.5) is 16.2 Å². The Morgan fingerprint density at radius 2 is 1.71 bits per heavy atom. The Balaban J connectivity index is 1.99. The molecule has 0 atom stereocenters. The van der Waals surface area contributed by atoms with Gasteiger partial charge in [-0.3, -0.25) is 0 Å². The summed E-state index contributed by atoms with van der Waals surface area (Å²) in [4.78, 5) is 12.9. The van der Waals surface area contributed by atoms with Crippen molar-refractivity contribution in [3.8, 4) is 22.9 Å². The number of hydrogen-bond donors (Lipinski definition) is 2. The van der Waals surface area contributed by atoms with Gasteiger partial charge in [-0.1, -0.05) is 69.3 Å². The average Bonchev–Trinajstić information content (AvgIpc) is 2.83. The van der Waals surface area contributed by atoms with Crippen LogP contribution in [0.25, 0.3) is 11.1 Å². The van der Waals surface area contributed by atoms with Crippen molar-refractivity contribution in [2.75, 3.05) is 10.6 Å². The molecule has 3 aromatic rings. The van der Waals surface area contributed by atoms with Crippen LogP contribution in [0.2, 0.25) is 0 Å². The molecule has 0 aromatic heterocycles. The van der Waals surface area contributed by atoms with E-state index in [1.165, 1.54) is 0 Å². The molecule has 3 aromatic carbocycles. The zero-order chi connectivity index (χ0) is 25.6. The topological polar surface area (TPSA) is 74.1 Å². The molecular formula is C30H31N3O2. The van der Waals surface area contributed by atoms with Gasteiger partial charge in [0, 0.05) is 5.69 Å². The van der Waals surface area contributed by atoms with Gasteiger partial charge in [-0.25, -0.2) is 4.79 Å². The quantitative estimate of drug-likeness (QED) is 0.285. The highest BCUT2D eigenvalue weighted by Crippen LogP contribution is 2.36. The number of carbonyl (C=O) groups is 1. The second-order valence-corrected chi connectivity index (χ2v) is 9.30. The molecule has 5 nitrogen and oxygen atoms in total. The zero-order valence-electron chi connectivity index (χ0n) is 20.9. The minimum absolute atomic E-state index is 0.191. The summed E-state index contributed by atoms with van der Waals surface area (Å²) in [5.41, 5.74) is 5.02. The van der Waals surface area contributed by atoms with Crippen molar-refractivity contribution in [1.82, 2.24) is 0 Å². The molecule has 0 heterocycles. The van der Waals surface area contributed by atoms with Crippen LogP contribution >= 0.6 is 0 Å². The predicted octanol–water partition coefficient (Wildman–Crippen LogP) is 8.06. The zero-order valence-corrected chi connectivity index (χ0v) is 20.9. The van der Waals surface area contributed by atoms with Crippen LogP contribution < -0.4 is 15.4 Å². The van der Waals surface area contributed by atoms with E-state index in [2.05, 4.69) is 44.1 Å². The van der Waals surface area contributed by atoms with E-state index in [0.29, 0.717) is 28.4 Å². The van der Waals surface area contributed by atoms with Gasteiger partial charge in [-0.05, 0) is 72.4 Å². The minimum atomic E-state index is -0.402. The summed E-state index contributed by atoms with van der Waals surface area (Å²) >= 11 is 0. The summed E-state index contributed by atoms with van der Waals surface area (Å²) in [5.74, 6) is 1.10. The number of nitriles is 1. The number of hydrogen-bond acceptors (Lipinski definition) is 3. The van der Waals surface area contributed by atoms with Gasteiger partial charge in [0.2, 0.25) is 0 Å². The Kier molecular flexibility index (Phi) is 7.78. The predicted molar refractivity (Wildman–Crippen MR) is 143 cm³/mol. The molecule has 0 aliphatic rings. The first-order valence-corrected chi connectivity index (χ1v) is 11.4. The van der Waals surface area contributed by atoms with E-state index in [1.807, 2.05) is 74.5 Å². The van der Waals surface area contributed by atoms with Crippen LogP contribution in [-0.2, 0) is 0 Å². The van der Waals surface area contributed by atoms with Crippen LogP contribution in [0.1, 0.15) is 38.8 Å². The fraction of sp³-hybridized carbons (Fsp3) is 0.200. The molecule has 0 saturated heterocycles. The molecule has 0 aliphatic heterocycles. The number of amides is 2. The van der Waals surface area contributed by atoms with E-state index in [4.69, 9.17) is 4.74 Å². The van der Waals surface area contributed by atoms with Gasteiger partial charge < -0.3 is 15.4 Å². The molecule has 0 saturated carbocycles. The highest BCUT2D eigenvalue weighted by Gasteiger charge is 2.21. The van der Waals surface area contributed by atoms with Crippen LogP contribution in [0.5, 0.6) is 5.75 Å². The third-order valence-electron chi connectivity index (χ3n) is 5.58. The number of carbonyl (C=O) groups excluding carboxylic acids is 1. The largest absolute Gasteiger partial charge is 0.455 e. The monoisotopic (exact) mass is 465 g/mol. The lowest BCUT2D eigenvalue weighted by atomic mass is 9.86. The molecule has 35 heavy (non-hydrogen) atoms. The van der Waals surface area contributed by atoms with Gasteiger partial charge in [0.05, 0.1) is 17.3 Å². The maximum atomic E-state index is 12.9. The number of nitrogens with zero attached hydrogens (tertiary/aromatic N) is 1. The SMILES string of the molecule is C=C(/C(=C\C)Oc1ccc(-c2ccccc2C#N)cc1NC(=O)Nc1ccc(C)cc1)C(C)(C)C. The van der Waals surface area contributed by atoms with Crippen LogP contribution in [-0.4, -0.2) is 6.03 Å². The van der Waals surface area contributed by atoms with Gasteiger partial charge in [0.1, 0.15) is 5.76 Å². The molecule has 2 amide bonds. The first-order chi connectivity index (χ1) is 16.6. The number of rotatable bonds is 6. The molecule has 0 aliphatic carbocycles. The van der Waals surface area contributed by atoms with Crippen molar-refractivity contribution >= 4 is 17.4 Å². The molecule has 3 rings (SSSR count). The van der Waals surface area contributed by atoms with Gasteiger partial charge in [0.25, 0.3) is 0 Å². The van der Waals surface area contributed by atoms with Crippen LogP contribution in [0.3, 0.4) is 0 Å². The number of anilines is 2. The number of ether oxygens (including phenoxy) is 1. The van der Waals surface area contributed by atoms with E-state index in [0.717, 1.165) is 22.3 Å². The fourth-order valence-electron chi connectivity index (χ4n) is 3.42. The summed E-state index contributed by atoms with van der Waals surface area (Å²) in [6, 6.07) is 22.2. The molecule has 0 radical (unpaired) electrons. The van der Waals surface area contributed by atoms with Crippen LogP contribution in [0.15, 0.2) is 90.7 Å². The fourth-order valence-corrected chi connectivity index (χ4v) is 3.42. The highest BCUT2D eigenvalue weighted by atomic mass is 16.5. The Labute approximate surface area is 207 Å². The van der Waals surface area contributed by atoms with Crippen LogP contribution in [0, 0.1) is 23.7 Å². The third-order valence-corrected chi connectivity index (χ3v) is 5.58. The van der Waals surface area contributed by atoms with E-state index >= 15 is 0 Å². The molecule has 2 N–H and O–H groups in total. The second kappa shape index (κ2) is 10.8. The van der Waals surface area contributed by atoms with Crippen molar-refractivity contribution < 1.29 is 9.53 Å². The van der Waals surface area contributed by atoms with E-state index in [9.17, 15) is 10.1 Å². The number of aryl methyl sites for hydroxylation is 1. The Morgan fingerprint density at radius 1 is 1.03 bits per heavy atom. The second-order valence-electron chi connectivity index (χ2n) is 9.30. The standard InChI is InChI=1S/C30H31N3O2/c1-7-27(21(3)30(4,5)6)35-28-17-14-22(25-11-9-8-10-23(25)19-31)18-26(28)33-29(34)32-24-15-12-20(2)13-16-24/h7-18H,3H2,1-2,4-6H3,(H2,32,33,34)/b27-7+. The van der Waals surface area contributed by atoms with E-state index in [1.54, 1.807) is 12.1 Å². The first-order valence-electron chi connectivity index (χ1n) is 11.4. The van der Waals surface area contributed by atoms with Gasteiger partial charge >= 0.3 is 6.03 Å². The first kappa shape index (κ1) is 25.3. The maximum Gasteiger partial charge on any atom is 0.323 e. The molecule has 0 spiro atoms. The average molecular weight is 466 g/mol. The van der Waals surface area contributed by atoms with Crippen molar-refractivity contribution in [2.24, 2.45) is 5.41 Å². The number of urea groups is 1. The lowest BCUT2D eigenvalue weighted by Crippen LogP contribution is -2.20. The van der Waals surface area contributed by atoms with Crippen molar-refractivity contribution in [3.05, 3.63) is 102 Å². The lowest BCUT2D eigenvalue weighted by Gasteiger charge is -2.25. The number of benzene rings is 3. The van der Waals surface area contributed by atoms with Crippen molar-refractivity contribution in [3.63, 3.8) is 0 Å². The Bertz CT molecular complexity index is 1310. The molecule has 0 bridgehead atoms. The number of nitrogens with one attached hydrogen (secondary N) is 2. The Morgan fingerprint density at radius 3 is 2.34 bits per heavy atom. The van der Waals surface area contributed by atoms with Gasteiger partial charge in [-0.2, -0.15) is 5.26 Å². The summed E-state index contributed by atoms with van der Waals surface area (Å²) in [6.07, 6.45) is 1.86. The smallest absolute Gasteiger partial charge is 0.323 e. The highest BCUT2D eigenvalue weighted by molar-refractivity contribution is 6.01. The summed E-state index contributed by atoms with van der Waals surface area (Å²) in [6.45, 7) is 14.3. The lowest BCUT2D eigenvalue weighted by molar-refractivity contribution is 0.262. The van der Waals surface area contributed by atoms with Gasteiger partial charge in [-0.15, -0.1) is 0 Å². The molecule has 178 valence electrons. The van der Waals surface area contributed by atoms with Crippen molar-refractivity contribution in [2.45, 2.75) is 34.6 Å². The molecule has 0 fully saturated rings. The molecular weight excluding hydrogens is 434 g/mol. The minimum Gasteiger partial charge on any atom is -0.455 e. The molecule has 0 unspecified atom stereocenters. The Hall–Kier alpha value is -4.30. The maximum absolute atomic E-state index is 12.9. The van der Waals surface area contributed by atoms with E-state index < -0.39 is 6.03 Å². The summed E-state index contributed by atoms with van der Waals surface area (Å²) in [7, 11) is 0. The van der Waals surface area contributed by atoms with Crippen molar-refractivity contribution in [1.29, 1.82) is 5.26 Å². The summed E-state index contributed by atoms with van der Waals surface area (Å²) in [5, 5.41) is 15.3. The molecule has 5 heteroatoms. The third kappa shape index (κ3) is 6.39. The number of allylic oxidation sites excluding steroid dienone is 2. The van der Waals surface area contributed by atoms with E-state index in [-0.39, 0.29) is 5.41 Å². The normalized spacial score (nSPS) is 11.4. The summed E-state index contributed by atoms with van der Waals surface area (Å²) < 4.78 is 6.25. The van der Waals surface area contributed by atoms with Gasteiger partial charge in [0.15, 0.2) is 5.75 Å².